The number of piperidine rings is 1. The molecule has 0 radical (unpaired) electrons. The molecule has 0 aliphatic carbocycles. The normalized spacial score (nSPS) is 17.7. The summed E-state index contributed by atoms with van der Waals surface area (Å²) in [6.45, 7) is 2.44. The molecule has 1 N–H and O–H groups in total. The summed E-state index contributed by atoms with van der Waals surface area (Å²) in [7, 11) is 0. The highest BCUT2D eigenvalue weighted by atomic mass is 16.7. The molecule has 2 aromatic rings. The summed E-state index contributed by atoms with van der Waals surface area (Å²) < 4.78 is 12.6. The van der Waals surface area contributed by atoms with Crippen LogP contribution >= 0.6 is 0 Å². The van der Waals surface area contributed by atoms with Gasteiger partial charge in [0.25, 0.3) is 11.8 Å². The summed E-state index contributed by atoms with van der Waals surface area (Å²) in [5.41, 5.74) is 1.82. The second-order valence-corrected chi connectivity index (χ2v) is 7.71. The minimum atomic E-state index is -0.299. The van der Waals surface area contributed by atoms with Crippen molar-refractivity contribution in [2.24, 2.45) is 0 Å². The summed E-state index contributed by atoms with van der Waals surface area (Å²) in [5.74, 6) is 1.31. The minimum absolute atomic E-state index is 0.0602. The van der Waals surface area contributed by atoms with Crippen molar-refractivity contribution in [2.45, 2.75) is 45.1 Å². The number of amides is 2. The first-order valence-corrected chi connectivity index (χ1v) is 10.3. The van der Waals surface area contributed by atoms with Gasteiger partial charge in [0.15, 0.2) is 23.0 Å². The summed E-state index contributed by atoms with van der Waals surface area (Å²) in [6, 6.07) is 5.28. The molecule has 152 valence electrons. The molecule has 3 aliphatic heterocycles. The molecule has 0 bridgehead atoms. The molecule has 0 atom stereocenters. The van der Waals surface area contributed by atoms with Gasteiger partial charge >= 0.3 is 0 Å². The van der Waals surface area contributed by atoms with E-state index in [1.165, 1.54) is 0 Å². The molecule has 8 heteroatoms. The third-order valence-electron chi connectivity index (χ3n) is 5.80. The van der Waals surface area contributed by atoms with Crippen LogP contribution in [-0.2, 0) is 13.0 Å². The highest BCUT2D eigenvalue weighted by Crippen LogP contribution is 2.34. The van der Waals surface area contributed by atoms with E-state index in [4.69, 9.17) is 9.47 Å². The second kappa shape index (κ2) is 7.42. The number of anilines is 1. The van der Waals surface area contributed by atoms with E-state index >= 15 is 0 Å². The average Bonchev–Trinajstić information content (AvgIpc) is 3.38. The molecule has 5 rings (SSSR count). The van der Waals surface area contributed by atoms with Gasteiger partial charge in [-0.15, -0.1) is 0 Å². The van der Waals surface area contributed by atoms with Crippen LogP contribution in [0.25, 0.3) is 0 Å². The average molecular weight is 396 g/mol. The van der Waals surface area contributed by atoms with Gasteiger partial charge in [0.2, 0.25) is 6.79 Å². The molecule has 8 nitrogen and oxygen atoms in total. The van der Waals surface area contributed by atoms with Crippen LogP contribution in [0.5, 0.6) is 11.5 Å². The number of carbonyl (C=O) groups excluding carboxylic acids is 2. The van der Waals surface area contributed by atoms with Crippen LogP contribution in [0.15, 0.2) is 18.2 Å². The van der Waals surface area contributed by atoms with Crippen LogP contribution in [0.4, 0.5) is 5.69 Å². The summed E-state index contributed by atoms with van der Waals surface area (Å²) in [5, 5.41) is 2.89. The Morgan fingerprint density at radius 1 is 0.966 bits per heavy atom. The van der Waals surface area contributed by atoms with Crippen LogP contribution in [-0.4, -0.2) is 46.1 Å². The topological polar surface area (TPSA) is 85.7 Å². The number of imidazole rings is 1. The molecule has 0 spiro atoms. The van der Waals surface area contributed by atoms with Crippen molar-refractivity contribution in [1.82, 2.24) is 14.5 Å². The number of hydrogen-bond donors (Lipinski definition) is 1. The fraction of sp³-hybridized carbons (Fsp3) is 0.476. The molecular weight excluding hydrogens is 372 g/mol. The third-order valence-corrected chi connectivity index (χ3v) is 5.80. The maximum Gasteiger partial charge on any atom is 0.289 e. The summed E-state index contributed by atoms with van der Waals surface area (Å²) in [4.78, 5) is 32.5. The largest absolute Gasteiger partial charge is 0.454 e. The summed E-state index contributed by atoms with van der Waals surface area (Å²) in [6.07, 6.45) is 5.95. The Bertz CT molecular complexity index is 962. The van der Waals surface area contributed by atoms with Crippen molar-refractivity contribution < 1.29 is 19.1 Å². The maximum absolute atomic E-state index is 13.1. The molecule has 3 aliphatic rings. The van der Waals surface area contributed by atoms with Crippen LogP contribution in [0, 0.1) is 0 Å². The minimum Gasteiger partial charge on any atom is -0.454 e. The zero-order valence-corrected chi connectivity index (χ0v) is 16.3. The molecule has 1 aromatic heterocycles. The first-order valence-electron chi connectivity index (χ1n) is 10.3. The number of likely N-dealkylation sites (tertiary alicyclic amines) is 1. The Hall–Kier alpha value is -3.03. The fourth-order valence-corrected chi connectivity index (χ4v) is 4.29. The Labute approximate surface area is 168 Å². The van der Waals surface area contributed by atoms with Crippen LogP contribution in [0.2, 0.25) is 0 Å². The number of hydrogen-bond acceptors (Lipinski definition) is 5. The quantitative estimate of drug-likeness (QED) is 0.862. The van der Waals surface area contributed by atoms with Gasteiger partial charge in [-0.1, -0.05) is 0 Å². The van der Waals surface area contributed by atoms with Crippen molar-refractivity contribution in [2.75, 3.05) is 25.2 Å². The predicted molar refractivity (Wildman–Crippen MR) is 105 cm³/mol. The molecule has 0 saturated carbocycles. The van der Waals surface area contributed by atoms with Crippen molar-refractivity contribution >= 4 is 17.5 Å². The number of carbonyl (C=O) groups is 2. The van der Waals surface area contributed by atoms with E-state index < -0.39 is 0 Å². The number of ether oxygens (including phenoxy) is 2. The van der Waals surface area contributed by atoms with E-state index in [1.807, 2.05) is 9.47 Å². The molecule has 4 heterocycles. The van der Waals surface area contributed by atoms with Crippen molar-refractivity contribution in [3.8, 4) is 11.5 Å². The Morgan fingerprint density at radius 2 is 1.76 bits per heavy atom. The number of aromatic nitrogens is 2. The van der Waals surface area contributed by atoms with E-state index in [0.29, 0.717) is 28.7 Å². The lowest BCUT2D eigenvalue weighted by Gasteiger charge is -2.27. The van der Waals surface area contributed by atoms with Crippen LogP contribution in [0.3, 0.4) is 0 Å². The summed E-state index contributed by atoms with van der Waals surface area (Å²) >= 11 is 0. The Kier molecular flexibility index (Phi) is 4.61. The second-order valence-electron chi connectivity index (χ2n) is 7.71. The predicted octanol–water partition coefficient (Wildman–Crippen LogP) is 2.83. The van der Waals surface area contributed by atoms with Crippen LogP contribution < -0.4 is 14.8 Å². The molecule has 2 amide bonds. The van der Waals surface area contributed by atoms with E-state index in [1.54, 1.807) is 18.2 Å². The van der Waals surface area contributed by atoms with Gasteiger partial charge in [-0.05, 0) is 50.7 Å². The maximum atomic E-state index is 13.1. The number of fused-ring (bicyclic) bond motifs is 2. The first-order chi connectivity index (χ1) is 14.2. The van der Waals surface area contributed by atoms with E-state index in [9.17, 15) is 9.59 Å². The SMILES string of the molecule is O=C(Nc1ccc2c(c1)OCO2)c1nc(C(=O)N2CCCCC2)n2c1CCCC2. The molecule has 0 unspecified atom stereocenters. The molecule has 1 aromatic carbocycles. The zero-order chi connectivity index (χ0) is 19.8. The van der Waals surface area contributed by atoms with Crippen molar-refractivity contribution in [3.05, 3.63) is 35.4 Å². The van der Waals surface area contributed by atoms with Gasteiger partial charge < -0.3 is 24.3 Å². The van der Waals surface area contributed by atoms with Crippen LogP contribution in [0.1, 0.15) is 58.9 Å². The Morgan fingerprint density at radius 3 is 2.62 bits per heavy atom. The van der Waals surface area contributed by atoms with Gasteiger partial charge in [0.1, 0.15) is 0 Å². The first kappa shape index (κ1) is 18.0. The van der Waals surface area contributed by atoms with Crippen molar-refractivity contribution in [3.63, 3.8) is 0 Å². The van der Waals surface area contributed by atoms with Gasteiger partial charge in [0, 0.05) is 31.4 Å². The molecule has 1 fully saturated rings. The zero-order valence-electron chi connectivity index (χ0n) is 16.3. The fourth-order valence-electron chi connectivity index (χ4n) is 4.29. The van der Waals surface area contributed by atoms with E-state index in [0.717, 1.165) is 63.9 Å². The highest BCUT2D eigenvalue weighted by molar-refractivity contribution is 6.05. The van der Waals surface area contributed by atoms with Gasteiger partial charge in [-0.3, -0.25) is 9.59 Å². The number of benzene rings is 1. The standard InChI is InChI=1S/C21H24N4O4/c26-20(22-14-7-8-16-17(12-14)29-13-28-16)18-15-6-2-5-11-25(15)19(23-18)21(27)24-9-3-1-4-10-24/h7-8,12H,1-6,9-11,13H2,(H,22,26). The number of rotatable bonds is 3. The van der Waals surface area contributed by atoms with E-state index in [2.05, 4.69) is 10.3 Å². The van der Waals surface area contributed by atoms with Crippen molar-refractivity contribution in [1.29, 1.82) is 0 Å². The van der Waals surface area contributed by atoms with Gasteiger partial charge in [-0.2, -0.15) is 0 Å². The highest BCUT2D eigenvalue weighted by Gasteiger charge is 2.30. The lowest BCUT2D eigenvalue weighted by atomic mass is 10.1. The van der Waals surface area contributed by atoms with E-state index in [-0.39, 0.29) is 18.6 Å². The third kappa shape index (κ3) is 3.32. The number of nitrogens with zero attached hydrogens (tertiary/aromatic N) is 3. The smallest absolute Gasteiger partial charge is 0.289 e. The van der Waals surface area contributed by atoms with Gasteiger partial charge in [-0.25, -0.2) is 4.98 Å². The number of nitrogens with one attached hydrogen (secondary N) is 1. The molecular formula is C21H24N4O4. The monoisotopic (exact) mass is 396 g/mol. The van der Waals surface area contributed by atoms with Gasteiger partial charge in [0.05, 0.1) is 5.69 Å². The lowest BCUT2D eigenvalue weighted by molar-refractivity contribution is 0.0705. The molecule has 1 saturated heterocycles. The Balaban J connectivity index is 1.42. The molecule has 29 heavy (non-hydrogen) atoms. The lowest BCUT2D eigenvalue weighted by Crippen LogP contribution is -2.37.